The van der Waals surface area contributed by atoms with E-state index in [1.165, 1.54) is 20.3 Å². The molecule has 0 aliphatic heterocycles. The Labute approximate surface area is 149 Å². The molecule has 2 rings (SSSR count). The van der Waals surface area contributed by atoms with Gasteiger partial charge in [-0.25, -0.2) is 4.79 Å². The molecule has 0 radical (unpaired) electrons. The Morgan fingerprint density at radius 1 is 1.27 bits per heavy atom. The number of hydrogen-bond donors (Lipinski definition) is 0. The number of ether oxygens (including phenoxy) is 3. The number of hydrogen-bond acceptors (Lipinski definition) is 9. The van der Waals surface area contributed by atoms with Crippen LogP contribution in [0.25, 0.3) is 0 Å². The van der Waals surface area contributed by atoms with Gasteiger partial charge < -0.3 is 18.7 Å². The first-order chi connectivity index (χ1) is 12.3. The van der Waals surface area contributed by atoms with E-state index in [0.29, 0.717) is 18.2 Å². The minimum atomic E-state index is -0.915. The van der Waals surface area contributed by atoms with E-state index >= 15 is 0 Å². The molecule has 10 heteroatoms. The van der Waals surface area contributed by atoms with Crippen molar-refractivity contribution in [3.05, 3.63) is 39.5 Å². The molecule has 0 unspecified atom stereocenters. The lowest BCUT2D eigenvalue weighted by molar-refractivity contribution is -0.385. The second-order valence-electron chi connectivity index (χ2n) is 5.76. The van der Waals surface area contributed by atoms with Gasteiger partial charge in [0.15, 0.2) is 23.9 Å². The normalized spacial score (nSPS) is 10.7. The predicted octanol–water partition coefficient (Wildman–Crippen LogP) is 2.55. The molecule has 1 aromatic carbocycles. The molecule has 0 saturated carbocycles. The van der Waals surface area contributed by atoms with Crippen molar-refractivity contribution in [2.24, 2.45) is 5.92 Å². The van der Waals surface area contributed by atoms with Crippen LogP contribution in [0.4, 0.5) is 5.69 Å². The number of aromatic nitrogens is 2. The van der Waals surface area contributed by atoms with Crippen molar-refractivity contribution in [2.45, 2.75) is 26.9 Å². The second kappa shape index (κ2) is 8.28. The predicted molar refractivity (Wildman–Crippen MR) is 88.2 cm³/mol. The van der Waals surface area contributed by atoms with Crippen molar-refractivity contribution in [3.63, 3.8) is 0 Å². The van der Waals surface area contributed by atoms with Crippen molar-refractivity contribution in [2.75, 3.05) is 14.2 Å². The van der Waals surface area contributed by atoms with Crippen LogP contribution in [-0.4, -0.2) is 35.3 Å². The van der Waals surface area contributed by atoms with E-state index in [1.54, 1.807) is 0 Å². The molecule has 2 aromatic rings. The number of carbonyl (C=O) groups excluding carboxylic acids is 1. The highest BCUT2D eigenvalue weighted by atomic mass is 16.6. The van der Waals surface area contributed by atoms with Gasteiger partial charge in [0.1, 0.15) is 5.56 Å². The van der Waals surface area contributed by atoms with Gasteiger partial charge in [0.05, 0.1) is 25.2 Å². The SMILES string of the molecule is COc1cc(C(=O)OCc2nc(CC(C)C)no2)c([N+](=O)[O-])cc1OC. The van der Waals surface area contributed by atoms with Crippen molar-refractivity contribution in [1.82, 2.24) is 10.1 Å². The summed E-state index contributed by atoms with van der Waals surface area (Å²) in [6.07, 6.45) is 0.624. The number of nitro benzene ring substituents is 1. The Bertz CT molecular complexity index is 801. The van der Waals surface area contributed by atoms with Gasteiger partial charge >= 0.3 is 5.97 Å². The minimum absolute atomic E-state index is 0.108. The topological polar surface area (TPSA) is 127 Å². The van der Waals surface area contributed by atoms with Gasteiger partial charge in [-0.05, 0) is 5.92 Å². The van der Waals surface area contributed by atoms with Crippen LogP contribution in [0.2, 0.25) is 0 Å². The van der Waals surface area contributed by atoms with Gasteiger partial charge in [0.2, 0.25) is 0 Å². The van der Waals surface area contributed by atoms with Crippen molar-refractivity contribution in [3.8, 4) is 11.5 Å². The van der Waals surface area contributed by atoms with Gasteiger partial charge in [-0.3, -0.25) is 10.1 Å². The fourth-order valence-electron chi connectivity index (χ4n) is 2.18. The molecular weight excluding hydrogens is 346 g/mol. The maximum absolute atomic E-state index is 12.3. The lowest BCUT2D eigenvalue weighted by atomic mass is 10.1. The number of nitro groups is 1. The van der Waals surface area contributed by atoms with Gasteiger partial charge in [-0.2, -0.15) is 4.98 Å². The number of methoxy groups -OCH3 is 2. The van der Waals surface area contributed by atoms with Crippen molar-refractivity contribution < 1.29 is 28.5 Å². The molecule has 0 aliphatic rings. The molecule has 1 aromatic heterocycles. The molecule has 0 saturated heterocycles. The summed E-state index contributed by atoms with van der Waals surface area (Å²) in [5.74, 6) is 0.340. The molecule has 140 valence electrons. The zero-order valence-electron chi connectivity index (χ0n) is 14.8. The number of carbonyl (C=O) groups is 1. The summed E-state index contributed by atoms with van der Waals surface area (Å²) in [7, 11) is 2.69. The van der Waals surface area contributed by atoms with E-state index < -0.39 is 16.6 Å². The van der Waals surface area contributed by atoms with E-state index in [4.69, 9.17) is 18.7 Å². The summed E-state index contributed by atoms with van der Waals surface area (Å²) in [6.45, 7) is 3.72. The first-order valence-corrected chi connectivity index (χ1v) is 7.74. The fourth-order valence-corrected chi connectivity index (χ4v) is 2.18. The average molecular weight is 365 g/mol. The number of rotatable bonds is 8. The Hall–Kier alpha value is -3.17. The monoisotopic (exact) mass is 365 g/mol. The summed E-state index contributed by atoms with van der Waals surface area (Å²) >= 11 is 0. The van der Waals surface area contributed by atoms with E-state index in [-0.39, 0.29) is 29.6 Å². The van der Waals surface area contributed by atoms with E-state index in [9.17, 15) is 14.9 Å². The zero-order chi connectivity index (χ0) is 19.3. The molecule has 0 aliphatic carbocycles. The third-order valence-corrected chi connectivity index (χ3v) is 3.35. The van der Waals surface area contributed by atoms with E-state index in [1.807, 2.05) is 13.8 Å². The van der Waals surface area contributed by atoms with Gasteiger partial charge in [0, 0.05) is 12.5 Å². The van der Waals surface area contributed by atoms with Gasteiger partial charge in [0.25, 0.3) is 11.6 Å². The molecule has 0 amide bonds. The Morgan fingerprint density at radius 3 is 2.50 bits per heavy atom. The largest absolute Gasteiger partial charge is 0.493 e. The Morgan fingerprint density at radius 2 is 1.92 bits per heavy atom. The number of esters is 1. The van der Waals surface area contributed by atoms with Crippen LogP contribution in [0.1, 0.15) is 35.9 Å². The average Bonchev–Trinajstić information content (AvgIpc) is 3.04. The maximum Gasteiger partial charge on any atom is 0.345 e. The smallest absolute Gasteiger partial charge is 0.345 e. The van der Waals surface area contributed by atoms with Crippen LogP contribution in [0, 0.1) is 16.0 Å². The lowest BCUT2D eigenvalue weighted by Gasteiger charge is -2.10. The zero-order valence-corrected chi connectivity index (χ0v) is 14.8. The standard InChI is InChI=1S/C16H19N3O7/c1-9(2)5-14-17-15(26-18-14)8-25-16(20)10-6-12(23-3)13(24-4)7-11(10)19(21)22/h6-7,9H,5,8H2,1-4H3. The van der Waals surface area contributed by atoms with Gasteiger partial charge in [-0.1, -0.05) is 19.0 Å². The van der Waals surface area contributed by atoms with Crippen LogP contribution in [0.3, 0.4) is 0 Å². The third kappa shape index (κ3) is 4.47. The van der Waals surface area contributed by atoms with Gasteiger partial charge in [-0.15, -0.1) is 0 Å². The molecule has 0 N–H and O–H groups in total. The van der Waals surface area contributed by atoms with Crippen LogP contribution < -0.4 is 9.47 Å². The van der Waals surface area contributed by atoms with E-state index in [2.05, 4.69) is 10.1 Å². The molecule has 0 fully saturated rings. The molecule has 0 spiro atoms. The first-order valence-electron chi connectivity index (χ1n) is 7.74. The summed E-state index contributed by atoms with van der Waals surface area (Å²) < 4.78 is 20.1. The fraction of sp³-hybridized carbons (Fsp3) is 0.438. The highest BCUT2D eigenvalue weighted by Crippen LogP contribution is 2.34. The molecule has 0 atom stereocenters. The summed E-state index contributed by atoms with van der Waals surface area (Å²) in [5.41, 5.74) is -0.728. The van der Waals surface area contributed by atoms with Crippen molar-refractivity contribution in [1.29, 1.82) is 0 Å². The Balaban J connectivity index is 2.18. The van der Waals surface area contributed by atoms with E-state index in [0.717, 1.165) is 6.07 Å². The van der Waals surface area contributed by atoms with Crippen LogP contribution in [0.5, 0.6) is 11.5 Å². The summed E-state index contributed by atoms with van der Waals surface area (Å²) in [5, 5.41) is 15.0. The van der Waals surface area contributed by atoms with Crippen LogP contribution >= 0.6 is 0 Å². The highest BCUT2D eigenvalue weighted by Gasteiger charge is 2.26. The second-order valence-corrected chi connectivity index (χ2v) is 5.76. The molecular formula is C16H19N3O7. The van der Waals surface area contributed by atoms with Crippen molar-refractivity contribution >= 4 is 11.7 Å². The van der Waals surface area contributed by atoms with Crippen LogP contribution in [-0.2, 0) is 17.8 Å². The minimum Gasteiger partial charge on any atom is -0.493 e. The molecule has 1 heterocycles. The summed E-state index contributed by atoms with van der Waals surface area (Å²) in [4.78, 5) is 26.9. The third-order valence-electron chi connectivity index (χ3n) is 3.35. The highest BCUT2D eigenvalue weighted by molar-refractivity contribution is 5.95. The molecule has 0 bridgehead atoms. The Kier molecular flexibility index (Phi) is 6.10. The molecule has 10 nitrogen and oxygen atoms in total. The number of benzene rings is 1. The lowest BCUT2D eigenvalue weighted by Crippen LogP contribution is -2.09. The quantitative estimate of drug-likeness (QED) is 0.394. The summed E-state index contributed by atoms with van der Waals surface area (Å²) in [6, 6.07) is 2.29. The number of nitrogens with zero attached hydrogens (tertiary/aromatic N) is 3. The first kappa shape index (κ1) is 19.2. The molecule has 26 heavy (non-hydrogen) atoms. The van der Waals surface area contributed by atoms with Crippen LogP contribution in [0.15, 0.2) is 16.7 Å². The maximum atomic E-state index is 12.3.